The number of amides is 1. The summed E-state index contributed by atoms with van der Waals surface area (Å²) in [6.45, 7) is 2.04. The van der Waals surface area contributed by atoms with Gasteiger partial charge in [0, 0.05) is 6.04 Å². The second kappa shape index (κ2) is 7.30. The van der Waals surface area contributed by atoms with E-state index in [2.05, 4.69) is 6.92 Å². The van der Waals surface area contributed by atoms with E-state index in [0.717, 1.165) is 31.6 Å². The van der Waals surface area contributed by atoms with E-state index in [-0.39, 0.29) is 12.6 Å². The predicted molar refractivity (Wildman–Crippen MR) is 65.7 cm³/mol. The van der Waals surface area contributed by atoms with Gasteiger partial charge in [-0.1, -0.05) is 26.2 Å². The van der Waals surface area contributed by atoms with Crippen molar-refractivity contribution in [3.63, 3.8) is 0 Å². The highest BCUT2D eigenvalue weighted by Crippen LogP contribution is 2.30. The summed E-state index contributed by atoms with van der Waals surface area (Å²) in [4.78, 5) is 22.9. The summed E-state index contributed by atoms with van der Waals surface area (Å²) in [5.74, 6) is -0.144. The lowest BCUT2D eigenvalue weighted by molar-refractivity contribution is -0.142. The zero-order chi connectivity index (χ0) is 12.7. The highest BCUT2D eigenvalue weighted by molar-refractivity contribution is 5.72. The molecule has 0 unspecified atom stereocenters. The highest BCUT2D eigenvalue weighted by atomic mass is 16.4. The average molecular weight is 241 g/mol. The van der Waals surface area contributed by atoms with Crippen molar-refractivity contribution in [1.82, 2.24) is 4.90 Å². The van der Waals surface area contributed by atoms with E-state index in [1.165, 1.54) is 24.2 Å². The van der Waals surface area contributed by atoms with Crippen molar-refractivity contribution in [3.05, 3.63) is 0 Å². The Morgan fingerprint density at radius 1 is 1.35 bits per heavy atom. The monoisotopic (exact) mass is 241 g/mol. The maximum absolute atomic E-state index is 10.9. The van der Waals surface area contributed by atoms with Gasteiger partial charge in [-0.2, -0.15) is 0 Å². The summed E-state index contributed by atoms with van der Waals surface area (Å²) in [6.07, 6.45) is 8.67. The molecule has 0 bridgehead atoms. The summed E-state index contributed by atoms with van der Waals surface area (Å²) < 4.78 is 0. The molecule has 0 heterocycles. The Labute approximate surface area is 103 Å². The van der Waals surface area contributed by atoms with Gasteiger partial charge < -0.3 is 10.0 Å². The van der Waals surface area contributed by atoms with E-state index in [0.29, 0.717) is 6.41 Å². The first-order valence-corrected chi connectivity index (χ1v) is 6.60. The molecule has 4 nitrogen and oxygen atoms in total. The third-order valence-electron chi connectivity index (χ3n) is 3.70. The smallest absolute Gasteiger partial charge is 0.323 e. The molecule has 0 aliphatic heterocycles. The topological polar surface area (TPSA) is 57.6 Å². The number of hydrogen-bond acceptors (Lipinski definition) is 2. The third-order valence-corrected chi connectivity index (χ3v) is 3.70. The molecule has 98 valence electrons. The fraction of sp³-hybridized carbons (Fsp3) is 0.846. The molecule has 1 saturated carbocycles. The molecule has 0 spiro atoms. The first kappa shape index (κ1) is 14.0. The second-order valence-corrected chi connectivity index (χ2v) is 4.99. The molecular formula is C13H23NO3. The van der Waals surface area contributed by atoms with Gasteiger partial charge in [-0.25, -0.2) is 0 Å². The van der Waals surface area contributed by atoms with Crippen LogP contribution >= 0.6 is 0 Å². The van der Waals surface area contributed by atoms with Gasteiger partial charge in [-0.15, -0.1) is 0 Å². The molecule has 1 N–H and O–H groups in total. The van der Waals surface area contributed by atoms with Crippen LogP contribution in [0.4, 0.5) is 0 Å². The van der Waals surface area contributed by atoms with E-state index < -0.39 is 5.97 Å². The number of nitrogens with zero attached hydrogens (tertiary/aromatic N) is 1. The number of unbranched alkanes of at least 4 members (excludes halogenated alkanes) is 1. The number of carboxylic acids is 1. The molecule has 1 aliphatic rings. The number of rotatable bonds is 7. The van der Waals surface area contributed by atoms with E-state index in [4.69, 9.17) is 5.11 Å². The van der Waals surface area contributed by atoms with Crippen molar-refractivity contribution in [1.29, 1.82) is 0 Å². The largest absolute Gasteiger partial charge is 0.480 e. The summed E-state index contributed by atoms with van der Waals surface area (Å²) in [5, 5.41) is 8.71. The van der Waals surface area contributed by atoms with Gasteiger partial charge in [-0.3, -0.25) is 9.59 Å². The van der Waals surface area contributed by atoms with Crippen LogP contribution in [0.15, 0.2) is 0 Å². The highest BCUT2D eigenvalue weighted by Gasteiger charge is 2.25. The average Bonchev–Trinajstić information content (AvgIpc) is 2.34. The standard InChI is InChI=1S/C13H23NO3/c1-2-3-4-11-5-7-12(8-6-11)14(10-15)9-13(16)17/h10-12H,2-9H2,1H3,(H,16,17). The SMILES string of the molecule is CCCCC1CCC(N(C=O)CC(=O)O)CC1. The zero-order valence-electron chi connectivity index (χ0n) is 10.6. The Morgan fingerprint density at radius 2 is 2.00 bits per heavy atom. The first-order valence-electron chi connectivity index (χ1n) is 6.60. The number of hydrogen-bond donors (Lipinski definition) is 1. The number of carbonyl (C=O) groups is 2. The van der Waals surface area contributed by atoms with E-state index in [9.17, 15) is 9.59 Å². The minimum atomic E-state index is -0.926. The molecule has 0 atom stereocenters. The molecule has 1 rings (SSSR count). The van der Waals surface area contributed by atoms with Gasteiger partial charge in [-0.05, 0) is 31.6 Å². The van der Waals surface area contributed by atoms with Gasteiger partial charge >= 0.3 is 5.97 Å². The van der Waals surface area contributed by atoms with Crippen LogP contribution < -0.4 is 0 Å². The Balaban J connectivity index is 2.33. The summed E-state index contributed by atoms with van der Waals surface area (Å²) in [7, 11) is 0. The number of aliphatic carboxylic acids is 1. The summed E-state index contributed by atoms with van der Waals surface area (Å²) >= 11 is 0. The molecule has 0 radical (unpaired) electrons. The molecule has 4 heteroatoms. The number of carbonyl (C=O) groups excluding carboxylic acids is 1. The van der Waals surface area contributed by atoms with Gasteiger partial charge in [0.15, 0.2) is 0 Å². The Hall–Kier alpha value is -1.06. The molecule has 1 aliphatic carbocycles. The van der Waals surface area contributed by atoms with Crippen LogP contribution in [0.1, 0.15) is 51.9 Å². The Morgan fingerprint density at radius 3 is 2.47 bits per heavy atom. The van der Waals surface area contributed by atoms with Crippen molar-refractivity contribution in [2.75, 3.05) is 6.54 Å². The molecule has 0 saturated heterocycles. The molecule has 1 fully saturated rings. The summed E-state index contributed by atoms with van der Waals surface area (Å²) in [5.41, 5.74) is 0. The van der Waals surface area contributed by atoms with Crippen LogP contribution in [0.2, 0.25) is 0 Å². The minimum Gasteiger partial charge on any atom is -0.480 e. The molecular weight excluding hydrogens is 218 g/mol. The fourth-order valence-electron chi connectivity index (χ4n) is 2.67. The second-order valence-electron chi connectivity index (χ2n) is 4.99. The van der Waals surface area contributed by atoms with Crippen molar-refractivity contribution >= 4 is 12.4 Å². The molecule has 17 heavy (non-hydrogen) atoms. The van der Waals surface area contributed by atoms with E-state index in [1.54, 1.807) is 0 Å². The fourth-order valence-corrected chi connectivity index (χ4v) is 2.67. The zero-order valence-corrected chi connectivity index (χ0v) is 10.6. The normalized spacial score (nSPS) is 24.3. The minimum absolute atomic E-state index is 0.140. The molecule has 0 aromatic carbocycles. The third kappa shape index (κ3) is 4.75. The lowest BCUT2D eigenvalue weighted by Gasteiger charge is -2.34. The molecule has 0 aromatic heterocycles. The van der Waals surface area contributed by atoms with Gasteiger partial charge in [0.1, 0.15) is 6.54 Å². The van der Waals surface area contributed by atoms with Crippen molar-refractivity contribution in [2.45, 2.75) is 57.9 Å². The van der Waals surface area contributed by atoms with Crippen molar-refractivity contribution < 1.29 is 14.7 Å². The maximum atomic E-state index is 10.9. The number of carboxylic acid groups (broad SMARTS) is 1. The van der Waals surface area contributed by atoms with E-state index in [1.807, 2.05) is 0 Å². The van der Waals surface area contributed by atoms with Crippen molar-refractivity contribution in [3.8, 4) is 0 Å². The summed E-state index contributed by atoms with van der Waals surface area (Å²) in [6, 6.07) is 0.140. The lowest BCUT2D eigenvalue weighted by Crippen LogP contribution is -2.40. The first-order chi connectivity index (χ1) is 8.17. The maximum Gasteiger partial charge on any atom is 0.323 e. The van der Waals surface area contributed by atoms with Crippen molar-refractivity contribution in [2.24, 2.45) is 5.92 Å². The van der Waals surface area contributed by atoms with Gasteiger partial charge in [0.2, 0.25) is 6.41 Å². The Kier molecular flexibility index (Phi) is 6.01. The molecule has 0 aromatic rings. The van der Waals surface area contributed by atoms with Crippen LogP contribution in [0.25, 0.3) is 0 Å². The van der Waals surface area contributed by atoms with Crippen LogP contribution in [0, 0.1) is 5.92 Å². The van der Waals surface area contributed by atoms with Crippen LogP contribution in [0.5, 0.6) is 0 Å². The lowest BCUT2D eigenvalue weighted by atomic mass is 9.82. The Bertz CT molecular complexity index is 247. The van der Waals surface area contributed by atoms with E-state index >= 15 is 0 Å². The van der Waals surface area contributed by atoms with Crippen LogP contribution in [-0.2, 0) is 9.59 Å². The molecule has 1 amide bonds. The van der Waals surface area contributed by atoms with Crippen LogP contribution in [-0.4, -0.2) is 35.0 Å². The van der Waals surface area contributed by atoms with Crippen LogP contribution in [0.3, 0.4) is 0 Å². The van der Waals surface area contributed by atoms with Gasteiger partial charge in [0.25, 0.3) is 0 Å². The quantitative estimate of drug-likeness (QED) is 0.696. The predicted octanol–water partition coefficient (Wildman–Crippen LogP) is 2.28. The van der Waals surface area contributed by atoms with Gasteiger partial charge in [0.05, 0.1) is 0 Å².